The van der Waals surface area contributed by atoms with Gasteiger partial charge in [-0.2, -0.15) is 0 Å². The first-order valence-electron chi connectivity index (χ1n) is 7.50. The van der Waals surface area contributed by atoms with E-state index >= 15 is 0 Å². The molecule has 1 aliphatic heterocycles. The fourth-order valence-electron chi connectivity index (χ4n) is 2.48. The van der Waals surface area contributed by atoms with E-state index in [1.54, 1.807) is 0 Å². The number of nitrogens with one attached hydrogen (secondary N) is 2. The number of hydrogen-bond acceptors (Lipinski definition) is 3. The van der Waals surface area contributed by atoms with Crippen LogP contribution in [-0.2, 0) is 4.79 Å². The maximum atomic E-state index is 11.7. The molecule has 0 atom stereocenters. The Morgan fingerprint density at radius 2 is 1.94 bits per heavy atom. The molecule has 2 N–H and O–H groups in total. The van der Waals surface area contributed by atoms with Crippen LogP contribution in [0, 0.1) is 5.92 Å². The molecular weight excluding hydrogens is 226 g/mol. The van der Waals surface area contributed by atoms with E-state index in [0.29, 0.717) is 12.6 Å². The van der Waals surface area contributed by atoms with Gasteiger partial charge in [0, 0.05) is 25.7 Å². The molecule has 1 saturated carbocycles. The van der Waals surface area contributed by atoms with E-state index in [1.807, 2.05) is 0 Å². The van der Waals surface area contributed by atoms with Crippen LogP contribution in [0.2, 0.25) is 0 Å². The number of piperidine rings is 1. The molecule has 2 fully saturated rings. The Morgan fingerprint density at radius 3 is 2.56 bits per heavy atom. The van der Waals surface area contributed by atoms with Crippen LogP contribution in [-0.4, -0.2) is 49.6 Å². The number of nitrogens with zero attached hydrogens (tertiary/aromatic N) is 1. The summed E-state index contributed by atoms with van der Waals surface area (Å²) >= 11 is 0. The van der Waals surface area contributed by atoms with Crippen LogP contribution in [0.4, 0.5) is 0 Å². The van der Waals surface area contributed by atoms with Crippen molar-refractivity contribution in [3.05, 3.63) is 0 Å². The summed E-state index contributed by atoms with van der Waals surface area (Å²) in [5, 5.41) is 6.61. The van der Waals surface area contributed by atoms with E-state index in [2.05, 4.69) is 22.5 Å². The maximum absolute atomic E-state index is 11.7. The second-order valence-corrected chi connectivity index (χ2v) is 5.75. The molecular formula is C14H27N3O. The lowest BCUT2D eigenvalue weighted by Gasteiger charge is -2.31. The van der Waals surface area contributed by atoms with Gasteiger partial charge in [-0.15, -0.1) is 0 Å². The minimum absolute atomic E-state index is 0.210. The van der Waals surface area contributed by atoms with Gasteiger partial charge in [-0.25, -0.2) is 0 Å². The third-order valence-corrected chi connectivity index (χ3v) is 3.92. The quantitative estimate of drug-likeness (QED) is 0.711. The van der Waals surface area contributed by atoms with Gasteiger partial charge in [0.05, 0.1) is 6.54 Å². The minimum atomic E-state index is 0.210. The Balaban J connectivity index is 1.55. The van der Waals surface area contributed by atoms with E-state index in [-0.39, 0.29) is 5.91 Å². The molecule has 0 spiro atoms. The van der Waals surface area contributed by atoms with Crippen LogP contribution in [0.1, 0.15) is 39.0 Å². The molecule has 1 aliphatic carbocycles. The molecule has 0 aromatic rings. The second-order valence-electron chi connectivity index (χ2n) is 5.75. The highest BCUT2D eigenvalue weighted by Crippen LogP contribution is 2.27. The first-order chi connectivity index (χ1) is 8.78. The molecule has 2 rings (SSSR count). The van der Waals surface area contributed by atoms with Crippen LogP contribution in [0.3, 0.4) is 0 Å². The fourth-order valence-corrected chi connectivity index (χ4v) is 2.48. The number of hydrogen-bond donors (Lipinski definition) is 2. The molecule has 2 aliphatic rings. The molecule has 18 heavy (non-hydrogen) atoms. The lowest BCUT2D eigenvalue weighted by atomic mass is 10.0. The van der Waals surface area contributed by atoms with Crippen molar-refractivity contribution >= 4 is 5.91 Å². The first kappa shape index (κ1) is 13.8. The Hall–Kier alpha value is -0.610. The lowest BCUT2D eigenvalue weighted by Crippen LogP contribution is -2.46. The third-order valence-electron chi connectivity index (χ3n) is 3.92. The van der Waals surface area contributed by atoms with Gasteiger partial charge in [0.1, 0.15) is 0 Å². The number of carbonyl (C=O) groups is 1. The zero-order valence-electron chi connectivity index (χ0n) is 11.6. The SMILES string of the molecule is CCCNC1CCN(CC(=O)NCC2CC2)CC1. The summed E-state index contributed by atoms with van der Waals surface area (Å²) in [5.41, 5.74) is 0. The van der Waals surface area contributed by atoms with Gasteiger partial charge in [-0.1, -0.05) is 6.92 Å². The van der Waals surface area contributed by atoms with Gasteiger partial charge in [-0.05, 0) is 44.6 Å². The summed E-state index contributed by atoms with van der Waals surface area (Å²) in [4.78, 5) is 14.0. The summed E-state index contributed by atoms with van der Waals surface area (Å²) in [6.07, 6.45) is 6.15. The van der Waals surface area contributed by atoms with Crippen molar-refractivity contribution in [3.63, 3.8) is 0 Å². The zero-order valence-corrected chi connectivity index (χ0v) is 11.6. The van der Waals surface area contributed by atoms with Gasteiger partial charge in [0.25, 0.3) is 0 Å². The summed E-state index contributed by atoms with van der Waals surface area (Å²) in [7, 11) is 0. The van der Waals surface area contributed by atoms with Gasteiger partial charge in [0.2, 0.25) is 5.91 Å². The molecule has 0 bridgehead atoms. The third kappa shape index (κ3) is 4.94. The highest BCUT2D eigenvalue weighted by Gasteiger charge is 2.23. The monoisotopic (exact) mass is 253 g/mol. The Bertz CT molecular complexity index is 258. The van der Waals surface area contributed by atoms with Crippen molar-refractivity contribution < 1.29 is 4.79 Å². The van der Waals surface area contributed by atoms with E-state index in [9.17, 15) is 4.79 Å². The lowest BCUT2D eigenvalue weighted by molar-refractivity contribution is -0.122. The van der Waals surface area contributed by atoms with Crippen LogP contribution in [0.15, 0.2) is 0 Å². The average Bonchev–Trinajstić information content (AvgIpc) is 3.20. The standard InChI is InChI=1S/C14H27N3O/c1-2-7-15-13-5-8-17(9-6-13)11-14(18)16-10-12-3-4-12/h12-13,15H,2-11H2,1H3,(H,16,18). The molecule has 0 radical (unpaired) electrons. The Kier molecular flexibility index (Phi) is 5.45. The van der Waals surface area contributed by atoms with Gasteiger partial charge < -0.3 is 10.6 Å². The predicted octanol–water partition coefficient (Wildman–Crippen LogP) is 0.977. The number of likely N-dealkylation sites (tertiary alicyclic amines) is 1. The Morgan fingerprint density at radius 1 is 1.22 bits per heavy atom. The average molecular weight is 253 g/mol. The molecule has 0 aromatic carbocycles. The number of rotatable bonds is 7. The van der Waals surface area contributed by atoms with Gasteiger partial charge in [0.15, 0.2) is 0 Å². The second kappa shape index (κ2) is 7.10. The maximum Gasteiger partial charge on any atom is 0.234 e. The van der Waals surface area contributed by atoms with E-state index in [4.69, 9.17) is 0 Å². The molecule has 1 heterocycles. The molecule has 4 heteroatoms. The van der Waals surface area contributed by atoms with E-state index < -0.39 is 0 Å². The highest BCUT2D eigenvalue weighted by atomic mass is 16.2. The minimum Gasteiger partial charge on any atom is -0.355 e. The van der Waals surface area contributed by atoms with Gasteiger partial charge >= 0.3 is 0 Å². The normalized spacial score (nSPS) is 22.1. The molecule has 0 unspecified atom stereocenters. The van der Waals surface area contributed by atoms with Crippen LogP contribution in [0.25, 0.3) is 0 Å². The number of amides is 1. The van der Waals surface area contributed by atoms with Crippen molar-refractivity contribution in [1.82, 2.24) is 15.5 Å². The summed E-state index contributed by atoms with van der Waals surface area (Å²) in [6.45, 7) is 6.91. The van der Waals surface area contributed by atoms with Crippen molar-refractivity contribution in [2.75, 3.05) is 32.7 Å². The highest BCUT2D eigenvalue weighted by molar-refractivity contribution is 5.78. The fraction of sp³-hybridized carbons (Fsp3) is 0.929. The van der Waals surface area contributed by atoms with Crippen LogP contribution >= 0.6 is 0 Å². The molecule has 1 saturated heterocycles. The predicted molar refractivity (Wildman–Crippen MR) is 73.5 cm³/mol. The molecule has 0 aromatic heterocycles. The van der Waals surface area contributed by atoms with Crippen molar-refractivity contribution in [1.29, 1.82) is 0 Å². The van der Waals surface area contributed by atoms with E-state index in [1.165, 1.54) is 32.1 Å². The molecule has 104 valence electrons. The Labute approximate surface area is 110 Å². The van der Waals surface area contributed by atoms with Gasteiger partial charge in [-0.3, -0.25) is 9.69 Å². The van der Waals surface area contributed by atoms with Crippen molar-refractivity contribution in [2.45, 2.75) is 45.1 Å². The largest absolute Gasteiger partial charge is 0.355 e. The number of carbonyl (C=O) groups excluding carboxylic acids is 1. The first-order valence-corrected chi connectivity index (χ1v) is 7.50. The van der Waals surface area contributed by atoms with Crippen LogP contribution < -0.4 is 10.6 Å². The van der Waals surface area contributed by atoms with Crippen molar-refractivity contribution in [3.8, 4) is 0 Å². The molecule has 1 amide bonds. The van der Waals surface area contributed by atoms with Crippen LogP contribution in [0.5, 0.6) is 0 Å². The summed E-state index contributed by atoms with van der Waals surface area (Å²) < 4.78 is 0. The molecule has 4 nitrogen and oxygen atoms in total. The van der Waals surface area contributed by atoms with Crippen molar-refractivity contribution in [2.24, 2.45) is 5.92 Å². The topological polar surface area (TPSA) is 44.4 Å². The summed E-state index contributed by atoms with van der Waals surface area (Å²) in [5.74, 6) is 0.986. The zero-order chi connectivity index (χ0) is 12.8. The summed E-state index contributed by atoms with van der Waals surface area (Å²) in [6, 6.07) is 0.663. The smallest absolute Gasteiger partial charge is 0.234 e. The van der Waals surface area contributed by atoms with E-state index in [0.717, 1.165) is 32.1 Å².